The van der Waals surface area contributed by atoms with Gasteiger partial charge in [-0.15, -0.1) is 0 Å². The zero-order valence-corrected chi connectivity index (χ0v) is 16.1. The Hall–Kier alpha value is -3.32. The lowest BCUT2D eigenvalue weighted by atomic mass is 10.0. The minimum atomic E-state index is -0.152. The van der Waals surface area contributed by atoms with Crippen LogP contribution >= 0.6 is 0 Å². The molecule has 2 aromatic heterocycles. The molecule has 0 bridgehead atoms. The van der Waals surface area contributed by atoms with Gasteiger partial charge in [0.2, 0.25) is 11.8 Å². The fraction of sp³-hybridized carbons (Fsp3) is 0.273. The van der Waals surface area contributed by atoms with Crippen molar-refractivity contribution in [1.82, 2.24) is 19.9 Å². The molecule has 0 radical (unpaired) electrons. The first-order valence-electron chi connectivity index (χ1n) is 9.77. The van der Waals surface area contributed by atoms with E-state index in [4.69, 9.17) is 4.74 Å². The van der Waals surface area contributed by atoms with Crippen molar-refractivity contribution in [2.45, 2.75) is 31.8 Å². The van der Waals surface area contributed by atoms with Gasteiger partial charge in [-0.25, -0.2) is 4.98 Å². The van der Waals surface area contributed by atoms with Gasteiger partial charge in [0.05, 0.1) is 17.9 Å². The number of ether oxygens (including phenoxy) is 1. The summed E-state index contributed by atoms with van der Waals surface area (Å²) < 4.78 is 5.64. The van der Waals surface area contributed by atoms with Crippen molar-refractivity contribution in [1.29, 1.82) is 0 Å². The predicted molar refractivity (Wildman–Crippen MR) is 109 cm³/mol. The molecule has 148 valence electrons. The van der Waals surface area contributed by atoms with Gasteiger partial charge in [-0.05, 0) is 55.8 Å². The first kappa shape index (κ1) is 19.0. The summed E-state index contributed by atoms with van der Waals surface area (Å²) in [6, 6.07) is 13.0. The van der Waals surface area contributed by atoms with Crippen molar-refractivity contribution < 1.29 is 9.53 Å². The first-order valence-corrected chi connectivity index (χ1v) is 9.77. The molecule has 0 saturated carbocycles. The van der Waals surface area contributed by atoms with E-state index >= 15 is 0 Å². The monoisotopic (exact) mass is 389 g/mol. The summed E-state index contributed by atoms with van der Waals surface area (Å²) >= 11 is 0. The molecule has 1 atom stereocenters. The third-order valence-corrected chi connectivity index (χ3v) is 4.89. The summed E-state index contributed by atoms with van der Waals surface area (Å²) in [5, 5.41) is 3.03. The number of carbonyl (C=O) groups excluding carboxylic acids is 1. The smallest absolute Gasteiger partial charge is 0.241 e. The maximum absolute atomic E-state index is 12.9. The highest BCUT2D eigenvalue weighted by Crippen LogP contribution is 2.23. The van der Waals surface area contributed by atoms with Crippen LogP contribution in [0.2, 0.25) is 0 Å². The number of nitrogens with zero attached hydrogens (tertiary/aromatic N) is 4. The minimum Gasteiger partial charge on any atom is -0.438 e. The van der Waals surface area contributed by atoms with E-state index < -0.39 is 0 Å². The second kappa shape index (κ2) is 9.25. The van der Waals surface area contributed by atoms with E-state index in [0.29, 0.717) is 18.2 Å². The number of hydrogen-bond donors (Lipinski definition) is 1. The number of piperidine rings is 1. The summed E-state index contributed by atoms with van der Waals surface area (Å²) in [7, 11) is 0. The lowest BCUT2D eigenvalue weighted by Gasteiger charge is -2.34. The van der Waals surface area contributed by atoms with E-state index in [1.165, 1.54) is 0 Å². The zero-order chi connectivity index (χ0) is 19.9. The molecular weight excluding hydrogens is 366 g/mol. The number of anilines is 1. The van der Waals surface area contributed by atoms with Gasteiger partial charge in [0.25, 0.3) is 0 Å². The van der Waals surface area contributed by atoms with Crippen molar-refractivity contribution >= 4 is 11.6 Å². The van der Waals surface area contributed by atoms with Crippen LogP contribution in [0.1, 0.15) is 25.0 Å². The molecule has 1 N–H and O–H groups in total. The van der Waals surface area contributed by atoms with Crippen LogP contribution in [0.25, 0.3) is 0 Å². The summed E-state index contributed by atoms with van der Waals surface area (Å²) in [6.07, 6.45) is 9.52. The summed E-state index contributed by atoms with van der Waals surface area (Å²) in [6.45, 7) is 1.59. The van der Waals surface area contributed by atoms with Crippen molar-refractivity contribution in [3.63, 3.8) is 0 Å². The molecule has 1 aromatic carbocycles. The zero-order valence-electron chi connectivity index (χ0n) is 16.1. The Kier molecular flexibility index (Phi) is 6.07. The number of rotatable bonds is 6. The molecule has 0 unspecified atom stereocenters. The van der Waals surface area contributed by atoms with Gasteiger partial charge in [0, 0.05) is 30.8 Å². The number of pyridine rings is 1. The molecule has 1 aliphatic heterocycles. The van der Waals surface area contributed by atoms with E-state index in [1.807, 2.05) is 30.3 Å². The molecule has 29 heavy (non-hydrogen) atoms. The van der Waals surface area contributed by atoms with Crippen molar-refractivity contribution in [3.8, 4) is 11.6 Å². The quantitative estimate of drug-likeness (QED) is 0.693. The van der Waals surface area contributed by atoms with Gasteiger partial charge < -0.3 is 10.1 Å². The molecule has 3 aromatic rings. The number of nitrogens with one attached hydrogen (secondary N) is 1. The molecule has 7 heteroatoms. The van der Waals surface area contributed by atoms with Crippen LogP contribution in [0.5, 0.6) is 11.6 Å². The average Bonchev–Trinajstić information content (AvgIpc) is 2.77. The van der Waals surface area contributed by atoms with Crippen LogP contribution in [0.3, 0.4) is 0 Å². The Balaban J connectivity index is 1.38. The number of likely N-dealkylation sites (tertiary alicyclic amines) is 1. The van der Waals surface area contributed by atoms with Crippen LogP contribution in [-0.4, -0.2) is 38.3 Å². The lowest BCUT2D eigenvalue weighted by molar-refractivity contribution is -0.122. The van der Waals surface area contributed by atoms with Crippen LogP contribution < -0.4 is 10.1 Å². The molecule has 0 aliphatic carbocycles. The molecule has 0 spiro atoms. The molecule has 1 saturated heterocycles. The van der Waals surface area contributed by atoms with Crippen LogP contribution in [0.4, 0.5) is 5.69 Å². The van der Waals surface area contributed by atoms with Crippen LogP contribution in [-0.2, 0) is 11.3 Å². The Bertz CT molecular complexity index is 919. The van der Waals surface area contributed by atoms with Gasteiger partial charge in [0.15, 0.2) is 0 Å². The van der Waals surface area contributed by atoms with Crippen LogP contribution in [0, 0.1) is 0 Å². The number of carbonyl (C=O) groups is 1. The molecule has 3 heterocycles. The number of aromatic nitrogens is 3. The average molecular weight is 389 g/mol. The maximum atomic E-state index is 12.9. The standard InChI is InChI=1S/C22H23N5O2/c28-22(20-6-2-4-14-27(20)16-18-5-1-3-11-24-18)26-17-7-9-19(10-8-17)29-21-15-23-12-13-25-21/h1,3,5,7-13,15,20H,2,4,6,14,16H2,(H,26,28)/t20-/m1/s1. The Morgan fingerprint density at radius 2 is 1.97 bits per heavy atom. The Labute approximate surface area is 169 Å². The van der Waals surface area contributed by atoms with E-state index in [1.54, 1.807) is 36.9 Å². The van der Waals surface area contributed by atoms with E-state index in [-0.39, 0.29) is 11.9 Å². The van der Waals surface area contributed by atoms with E-state index in [9.17, 15) is 4.79 Å². The Morgan fingerprint density at radius 1 is 1.07 bits per heavy atom. The molecule has 1 aliphatic rings. The predicted octanol–water partition coefficient (Wildman–Crippen LogP) is 3.66. The second-order valence-electron chi connectivity index (χ2n) is 6.96. The van der Waals surface area contributed by atoms with Gasteiger partial charge in [-0.2, -0.15) is 0 Å². The van der Waals surface area contributed by atoms with Gasteiger partial charge in [0.1, 0.15) is 5.75 Å². The maximum Gasteiger partial charge on any atom is 0.241 e. The highest BCUT2D eigenvalue weighted by Gasteiger charge is 2.29. The highest BCUT2D eigenvalue weighted by atomic mass is 16.5. The van der Waals surface area contributed by atoms with Gasteiger partial charge >= 0.3 is 0 Å². The Morgan fingerprint density at radius 3 is 2.72 bits per heavy atom. The van der Waals surface area contributed by atoms with Crippen molar-refractivity contribution in [2.75, 3.05) is 11.9 Å². The third-order valence-electron chi connectivity index (χ3n) is 4.89. The number of amides is 1. The molecule has 1 amide bonds. The van der Waals surface area contributed by atoms with Gasteiger partial charge in [-0.3, -0.25) is 19.7 Å². The third kappa shape index (κ3) is 5.14. The normalized spacial score (nSPS) is 16.9. The molecule has 1 fully saturated rings. The highest BCUT2D eigenvalue weighted by molar-refractivity contribution is 5.94. The van der Waals surface area contributed by atoms with Gasteiger partial charge in [-0.1, -0.05) is 12.5 Å². The van der Waals surface area contributed by atoms with Crippen molar-refractivity contribution in [2.24, 2.45) is 0 Å². The summed E-state index contributed by atoms with van der Waals surface area (Å²) in [4.78, 5) is 27.6. The SMILES string of the molecule is O=C(Nc1ccc(Oc2cnccn2)cc1)[C@H]1CCCCN1Cc1ccccn1. The minimum absolute atomic E-state index is 0.0169. The topological polar surface area (TPSA) is 80.2 Å². The summed E-state index contributed by atoms with van der Waals surface area (Å²) in [5.74, 6) is 1.08. The molecule has 7 nitrogen and oxygen atoms in total. The summed E-state index contributed by atoms with van der Waals surface area (Å²) in [5.41, 5.74) is 1.72. The lowest BCUT2D eigenvalue weighted by Crippen LogP contribution is -2.46. The molecule has 4 rings (SSSR count). The second-order valence-corrected chi connectivity index (χ2v) is 6.96. The van der Waals surface area contributed by atoms with Crippen LogP contribution in [0.15, 0.2) is 67.3 Å². The fourth-order valence-electron chi connectivity index (χ4n) is 3.47. The number of benzene rings is 1. The van der Waals surface area contributed by atoms with E-state index in [0.717, 1.165) is 37.2 Å². The largest absolute Gasteiger partial charge is 0.438 e. The van der Waals surface area contributed by atoms with Crippen molar-refractivity contribution in [3.05, 3.63) is 72.9 Å². The molecular formula is C22H23N5O2. The first-order chi connectivity index (χ1) is 14.3. The van der Waals surface area contributed by atoms with E-state index in [2.05, 4.69) is 25.2 Å². The number of hydrogen-bond acceptors (Lipinski definition) is 6. The fourth-order valence-corrected chi connectivity index (χ4v) is 3.47.